The lowest BCUT2D eigenvalue weighted by molar-refractivity contribution is 1.02. The van der Waals surface area contributed by atoms with Gasteiger partial charge >= 0.3 is 0 Å². The topological polar surface area (TPSA) is 26.0 Å². The summed E-state index contributed by atoms with van der Waals surface area (Å²) in [5, 5.41) is 0. The molecule has 1 unspecified atom stereocenters. The van der Waals surface area contributed by atoms with Gasteiger partial charge in [-0.1, -0.05) is 54.6 Å². The number of fused-ring (bicyclic) bond motifs is 3. The van der Waals surface area contributed by atoms with E-state index in [1.165, 1.54) is 27.8 Å². The van der Waals surface area contributed by atoms with E-state index in [1.54, 1.807) is 0 Å². The summed E-state index contributed by atoms with van der Waals surface area (Å²) in [4.78, 5) is 0. The molecule has 0 aliphatic heterocycles. The van der Waals surface area contributed by atoms with Gasteiger partial charge in [-0.3, -0.25) is 0 Å². The molecular formula is C19H14BrN. The molecule has 1 aliphatic carbocycles. The summed E-state index contributed by atoms with van der Waals surface area (Å²) in [6.45, 7) is 0. The monoisotopic (exact) mass is 335 g/mol. The summed E-state index contributed by atoms with van der Waals surface area (Å²) in [7, 11) is 0. The SMILES string of the molecule is Nc1cc2c(cc1Br)-c1ccccc1C2c1ccccc1. The fraction of sp³-hybridized carbons (Fsp3) is 0.0526. The van der Waals surface area contributed by atoms with Crippen LogP contribution in [0.15, 0.2) is 71.2 Å². The Labute approximate surface area is 132 Å². The first-order chi connectivity index (χ1) is 10.3. The Kier molecular flexibility index (Phi) is 2.86. The largest absolute Gasteiger partial charge is 0.398 e. The highest BCUT2D eigenvalue weighted by atomic mass is 79.9. The Hall–Kier alpha value is -2.06. The van der Waals surface area contributed by atoms with E-state index in [2.05, 4.69) is 82.7 Å². The van der Waals surface area contributed by atoms with Crippen molar-refractivity contribution in [3.63, 3.8) is 0 Å². The molecule has 0 spiro atoms. The lowest BCUT2D eigenvalue weighted by Crippen LogP contribution is -1.99. The highest BCUT2D eigenvalue weighted by Crippen LogP contribution is 2.49. The normalized spacial score (nSPS) is 15.6. The predicted molar refractivity (Wildman–Crippen MR) is 91.4 cm³/mol. The van der Waals surface area contributed by atoms with E-state index in [0.29, 0.717) is 0 Å². The zero-order chi connectivity index (χ0) is 14.4. The van der Waals surface area contributed by atoms with Gasteiger partial charge < -0.3 is 5.73 Å². The Morgan fingerprint density at radius 2 is 1.48 bits per heavy atom. The van der Waals surface area contributed by atoms with Gasteiger partial charge in [-0.2, -0.15) is 0 Å². The summed E-state index contributed by atoms with van der Waals surface area (Å²) in [5.41, 5.74) is 13.5. The molecule has 2 N–H and O–H groups in total. The molecule has 2 heteroatoms. The smallest absolute Gasteiger partial charge is 0.0462 e. The third-order valence-corrected chi connectivity index (χ3v) is 4.86. The van der Waals surface area contributed by atoms with Crippen LogP contribution >= 0.6 is 15.9 Å². The number of rotatable bonds is 1. The van der Waals surface area contributed by atoms with Crippen LogP contribution in [0.4, 0.5) is 5.69 Å². The maximum absolute atomic E-state index is 6.12. The molecule has 0 heterocycles. The number of hydrogen-bond donors (Lipinski definition) is 1. The Bertz CT molecular complexity index is 824. The molecule has 1 aliphatic rings. The molecule has 0 saturated heterocycles. The summed E-state index contributed by atoms with van der Waals surface area (Å²) >= 11 is 3.55. The summed E-state index contributed by atoms with van der Waals surface area (Å²) in [6.07, 6.45) is 0. The van der Waals surface area contributed by atoms with E-state index in [-0.39, 0.29) is 5.92 Å². The highest BCUT2D eigenvalue weighted by molar-refractivity contribution is 9.10. The first-order valence-electron chi connectivity index (χ1n) is 6.99. The zero-order valence-corrected chi connectivity index (χ0v) is 13.0. The average molecular weight is 336 g/mol. The van der Waals surface area contributed by atoms with Crippen molar-refractivity contribution >= 4 is 21.6 Å². The van der Waals surface area contributed by atoms with E-state index in [0.717, 1.165) is 10.2 Å². The molecule has 0 fully saturated rings. The number of nitrogen functional groups attached to an aromatic ring is 1. The van der Waals surface area contributed by atoms with Gasteiger partial charge in [0.15, 0.2) is 0 Å². The van der Waals surface area contributed by atoms with Crippen molar-refractivity contribution < 1.29 is 0 Å². The number of hydrogen-bond acceptors (Lipinski definition) is 1. The molecule has 1 nitrogen and oxygen atoms in total. The third-order valence-electron chi connectivity index (χ3n) is 4.17. The van der Waals surface area contributed by atoms with E-state index in [1.807, 2.05) is 0 Å². The first kappa shape index (κ1) is 12.7. The zero-order valence-electron chi connectivity index (χ0n) is 11.4. The summed E-state index contributed by atoms with van der Waals surface area (Å²) in [5.74, 6) is 0.271. The van der Waals surface area contributed by atoms with E-state index >= 15 is 0 Å². The van der Waals surface area contributed by atoms with Gasteiger partial charge in [0.1, 0.15) is 0 Å². The van der Waals surface area contributed by atoms with Crippen molar-refractivity contribution in [3.8, 4) is 11.1 Å². The van der Waals surface area contributed by atoms with Crippen molar-refractivity contribution in [2.45, 2.75) is 5.92 Å². The lowest BCUT2D eigenvalue weighted by atomic mass is 9.89. The molecule has 21 heavy (non-hydrogen) atoms. The number of halogens is 1. The second-order valence-electron chi connectivity index (χ2n) is 5.39. The van der Waals surface area contributed by atoms with Gasteiger partial charge in [-0.05, 0) is 55.9 Å². The highest BCUT2D eigenvalue weighted by Gasteiger charge is 2.30. The molecule has 102 valence electrons. The molecular weight excluding hydrogens is 322 g/mol. The fourth-order valence-corrected chi connectivity index (χ4v) is 3.59. The summed E-state index contributed by atoms with van der Waals surface area (Å²) in [6, 6.07) is 23.5. The minimum absolute atomic E-state index is 0.271. The van der Waals surface area contributed by atoms with E-state index < -0.39 is 0 Å². The van der Waals surface area contributed by atoms with Crippen LogP contribution < -0.4 is 5.73 Å². The first-order valence-corrected chi connectivity index (χ1v) is 7.78. The van der Waals surface area contributed by atoms with Gasteiger partial charge in [0.2, 0.25) is 0 Å². The lowest BCUT2D eigenvalue weighted by Gasteiger charge is -2.14. The maximum atomic E-state index is 6.12. The minimum Gasteiger partial charge on any atom is -0.398 e. The second kappa shape index (κ2) is 4.74. The summed E-state index contributed by atoms with van der Waals surface area (Å²) < 4.78 is 0.963. The Balaban J connectivity index is 2.03. The van der Waals surface area contributed by atoms with Crippen LogP contribution in [0.3, 0.4) is 0 Å². The van der Waals surface area contributed by atoms with Gasteiger partial charge in [-0.15, -0.1) is 0 Å². The number of benzene rings is 3. The van der Waals surface area contributed by atoms with Crippen molar-refractivity contribution in [1.29, 1.82) is 0 Å². The number of nitrogens with two attached hydrogens (primary N) is 1. The molecule has 0 amide bonds. The quantitative estimate of drug-likeness (QED) is 0.476. The van der Waals surface area contributed by atoms with Crippen LogP contribution in [-0.2, 0) is 0 Å². The standard InChI is InChI=1S/C19H14BrN/c20-17-10-15-13-8-4-5-9-14(13)19(16(15)11-18(17)21)12-6-2-1-3-7-12/h1-11,19H,21H2. The molecule has 0 radical (unpaired) electrons. The van der Waals surface area contributed by atoms with Crippen molar-refractivity contribution in [2.24, 2.45) is 0 Å². The average Bonchev–Trinajstić information content (AvgIpc) is 2.82. The molecule has 1 atom stereocenters. The Morgan fingerprint density at radius 3 is 2.29 bits per heavy atom. The molecule has 3 aromatic carbocycles. The van der Waals surface area contributed by atoms with Crippen molar-refractivity contribution in [1.82, 2.24) is 0 Å². The van der Waals surface area contributed by atoms with Gasteiger partial charge in [0.05, 0.1) is 0 Å². The molecule has 0 bridgehead atoms. The molecule has 0 saturated carbocycles. The second-order valence-corrected chi connectivity index (χ2v) is 6.25. The maximum Gasteiger partial charge on any atom is 0.0462 e. The molecule has 3 aromatic rings. The predicted octanol–water partition coefficient (Wildman–Crippen LogP) is 5.19. The van der Waals surface area contributed by atoms with Crippen LogP contribution in [0.25, 0.3) is 11.1 Å². The van der Waals surface area contributed by atoms with E-state index in [9.17, 15) is 0 Å². The van der Waals surface area contributed by atoms with Crippen LogP contribution in [-0.4, -0.2) is 0 Å². The molecule has 4 rings (SSSR count). The fourth-order valence-electron chi connectivity index (χ4n) is 3.25. The van der Waals surface area contributed by atoms with Gasteiger partial charge in [0, 0.05) is 16.1 Å². The van der Waals surface area contributed by atoms with E-state index in [4.69, 9.17) is 5.73 Å². The van der Waals surface area contributed by atoms with Gasteiger partial charge in [0.25, 0.3) is 0 Å². The molecule has 0 aromatic heterocycles. The van der Waals surface area contributed by atoms with Crippen molar-refractivity contribution in [3.05, 3.63) is 87.9 Å². The van der Waals surface area contributed by atoms with Crippen LogP contribution in [0.2, 0.25) is 0 Å². The van der Waals surface area contributed by atoms with Crippen LogP contribution in [0, 0.1) is 0 Å². The van der Waals surface area contributed by atoms with Crippen LogP contribution in [0.1, 0.15) is 22.6 Å². The minimum atomic E-state index is 0.271. The van der Waals surface area contributed by atoms with Crippen molar-refractivity contribution in [2.75, 3.05) is 5.73 Å². The number of anilines is 1. The van der Waals surface area contributed by atoms with Gasteiger partial charge in [-0.25, -0.2) is 0 Å². The Morgan fingerprint density at radius 1 is 0.762 bits per heavy atom. The van der Waals surface area contributed by atoms with Crippen LogP contribution in [0.5, 0.6) is 0 Å². The third kappa shape index (κ3) is 1.90.